The number of amides is 2. The monoisotopic (exact) mass is 690 g/mol. The first-order valence-corrected chi connectivity index (χ1v) is 17.9. The summed E-state index contributed by atoms with van der Waals surface area (Å²) in [5, 5.41) is 11.7. The molecule has 10 nitrogen and oxygen atoms in total. The number of nitrogens with zero attached hydrogens (tertiary/aromatic N) is 6. The highest BCUT2D eigenvalue weighted by molar-refractivity contribution is 8.01. The highest BCUT2D eigenvalue weighted by Gasteiger charge is 2.45. The predicted molar refractivity (Wildman–Crippen MR) is 196 cm³/mol. The van der Waals surface area contributed by atoms with Crippen molar-refractivity contribution >= 4 is 45.7 Å². The van der Waals surface area contributed by atoms with Gasteiger partial charge >= 0.3 is 0 Å². The van der Waals surface area contributed by atoms with Crippen LogP contribution in [-0.2, 0) is 9.59 Å². The van der Waals surface area contributed by atoms with Crippen molar-refractivity contribution < 1.29 is 14.0 Å². The van der Waals surface area contributed by atoms with Crippen LogP contribution in [0.15, 0.2) is 79.3 Å². The van der Waals surface area contributed by atoms with Gasteiger partial charge in [-0.15, -0.1) is 11.8 Å². The average Bonchev–Trinajstić information content (AvgIpc) is 3.76. The summed E-state index contributed by atoms with van der Waals surface area (Å²) in [6.45, 7) is 6.36. The van der Waals surface area contributed by atoms with E-state index in [0.29, 0.717) is 61.7 Å². The Bertz CT molecular complexity index is 2070. The molecule has 0 bridgehead atoms. The molecule has 256 valence electrons. The lowest BCUT2D eigenvalue weighted by Crippen LogP contribution is -2.45. The molecule has 1 fully saturated rings. The topological polar surface area (TPSA) is 120 Å². The lowest BCUT2D eigenvalue weighted by molar-refractivity contribution is -0.132. The summed E-state index contributed by atoms with van der Waals surface area (Å²) >= 11 is 1.67. The van der Waals surface area contributed by atoms with Crippen LogP contribution in [0, 0.1) is 12.7 Å². The number of aromatic amines is 1. The molecule has 0 saturated carbocycles. The van der Waals surface area contributed by atoms with Gasteiger partial charge in [0.15, 0.2) is 5.82 Å². The van der Waals surface area contributed by atoms with Crippen molar-refractivity contribution in [3.05, 3.63) is 96.3 Å². The Labute approximate surface area is 294 Å². The Hall–Kier alpha value is -4.94. The molecular weight excluding hydrogens is 652 g/mol. The van der Waals surface area contributed by atoms with E-state index in [1.54, 1.807) is 42.5 Å². The van der Waals surface area contributed by atoms with E-state index in [1.165, 1.54) is 6.07 Å². The number of fused-ring (bicyclic) bond motifs is 1. The third-order valence-electron chi connectivity index (χ3n) is 9.36. The molecule has 0 radical (unpaired) electrons. The summed E-state index contributed by atoms with van der Waals surface area (Å²) in [6, 6.07) is 16.5. The van der Waals surface area contributed by atoms with Crippen LogP contribution in [0.5, 0.6) is 0 Å². The summed E-state index contributed by atoms with van der Waals surface area (Å²) in [4.78, 5) is 44.1. The van der Waals surface area contributed by atoms with Crippen LogP contribution in [0.1, 0.15) is 37.4 Å². The van der Waals surface area contributed by atoms with E-state index in [9.17, 15) is 9.59 Å². The molecular formula is C38H39FN8O2S. The first kappa shape index (κ1) is 33.6. The zero-order chi connectivity index (χ0) is 34.7. The van der Waals surface area contributed by atoms with Gasteiger partial charge in [-0.05, 0) is 80.0 Å². The third kappa shape index (κ3) is 7.03. The number of aryl methyl sites for hydroxylation is 1. The van der Waals surface area contributed by atoms with Crippen molar-refractivity contribution in [1.29, 1.82) is 0 Å². The molecule has 3 aromatic heterocycles. The molecule has 12 heteroatoms. The van der Waals surface area contributed by atoms with Gasteiger partial charge in [-0.2, -0.15) is 5.10 Å². The summed E-state index contributed by atoms with van der Waals surface area (Å²) < 4.78 is 14.5. The number of halogens is 1. The zero-order valence-corrected chi connectivity index (χ0v) is 29.0. The van der Waals surface area contributed by atoms with Crippen LogP contribution in [0.3, 0.4) is 0 Å². The molecule has 1 atom stereocenters. The van der Waals surface area contributed by atoms with Gasteiger partial charge in [0.2, 0.25) is 11.8 Å². The molecule has 0 spiro atoms. The molecule has 2 aliphatic heterocycles. The number of pyridine rings is 1. The van der Waals surface area contributed by atoms with Crippen LogP contribution in [-0.4, -0.2) is 90.0 Å². The Morgan fingerprint density at radius 1 is 1.02 bits per heavy atom. The van der Waals surface area contributed by atoms with Crippen LogP contribution in [0.4, 0.5) is 10.1 Å². The minimum atomic E-state index is -0.671. The number of nitrogens with one attached hydrogen (secondary N) is 2. The SMILES string of the molecule is CCCS[C@@]1(C(=O)Nc2ccc3[nH]nc(-c4ccnc(C)c4)c3c2)CCN(CC(=O)N2CC=C(c3ccc(-c4ncccn4)cc3F)CC2)C1. The number of carbonyl (C=O) groups is 2. The van der Waals surface area contributed by atoms with Gasteiger partial charge in [0.05, 0.1) is 12.1 Å². The number of aromatic nitrogens is 5. The number of carbonyl (C=O) groups excluding carboxylic acids is 2. The molecule has 50 heavy (non-hydrogen) atoms. The third-order valence-corrected chi connectivity index (χ3v) is 11.0. The second-order valence-electron chi connectivity index (χ2n) is 12.9. The Kier molecular flexibility index (Phi) is 9.73. The molecule has 7 rings (SSSR count). The number of hydrogen-bond donors (Lipinski definition) is 2. The highest BCUT2D eigenvalue weighted by atomic mass is 32.2. The standard InChI is InChI=1S/C38H39FN8O2S/c1-3-19-50-38(37(49)43-29-6-8-33-31(22-29)35(45-44-33)27-9-15-40-25(2)20-27)12-18-46(24-38)23-34(48)47-16-10-26(11-17-47)30-7-5-28(21-32(30)39)36-41-13-4-14-42-36/h4-10,13-15,20-22H,3,11-12,16-19,23-24H2,1-2H3,(H,43,49)(H,44,45)/t38-/m0/s1. The normalized spacial score (nSPS) is 18.0. The highest BCUT2D eigenvalue weighted by Crippen LogP contribution is 2.38. The van der Waals surface area contributed by atoms with Crippen LogP contribution >= 0.6 is 11.8 Å². The van der Waals surface area contributed by atoms with Crippen LogP contribution in [0.2, 0.25) is 0 Å². The number of anilines is 1. The largest absolute Gasteiger partial charge is 0.338 e. The van der Waals surface area contributed by atoms with Crippen molar-refractivity contribution in [2.45, 2.75) is 37.9 Å². The molecule has 2 aromatic carbocycles. The fraction of sp³-hybridized carbons (Fsp3) is 0.316. The Balaban J connectivity index is 0.996. The number of benzene rings is 2. The fourth-order valence-corrected chi connectivity index (χ4v) is 7.99. The lowest BCUT2D eigenvalue weighted by Gasteiger charge is -2.30. The number of hydrogen-bond acceptors (Lipinski definition) is 8. The van der Waals surface area contributed by atoms with Gasteiger partial charge < -0.3 is 10.2 Å². The first-order chi connectivity index (χ1) is 24.3. The maximum Gasteiger partial charge on any atom is 0.241 e. The molecule has 2 amide bonds. The van der Waals surface area contributed by atoms with Gasteiger partial charge in [0.25, 0.3) is 0 Å². The van der Waals surface area contributed by atoms with Gasteiger partial charge in [0.1, 0.15) is 16.3 Å². The van der Waals surface area contributed by atoms with E-state index in [0.717, 1.165) is 45.6 Å². The van der Waals surface area contributed by atoms with Crippen molar-refractivity contribution in [3.8, 4) is 22.6 Å². The van der Waals surface area contributed by atoms with E-state index in [2.05, 4.69) is 42.3 Å². The molecule has 1 saturated heterocycles. The first-order valence-electron chi connectivity index (χ1n) is 16.9. The van der Waals surface area contributed by atoms with Crippen LogP contribution < -0.4 is 5.32 Å². The average molecular weight is 691 g/mol. The van der Waals surface area contributed by atoms with E-state index in [1.807, 2.05) is 54.3 Å². The lowest BCUT2D eigenvalue weighted by atomic mass is 9.97. The molecule has 5 heterocycles. The summed E-state index contributed by atoms with van der Waals surface area (Å²) in [5.74, 6) is 0.958. The van der Waals surface area contributed by atoms with Gasteiger partial charge in [0, 0.05) is 78.2 Å². The van der Waals surface area contributed by atoms with Crippen molar-refractivity contribution in [2.24, 2.45) is 0 Å². The number of thioether (sulfide) groups is 1. The summed E-state index contributed by atoms with van der Waals surface area (Å²) in [5.41, 5.74) is 6.30. The van der Waals surface area contributed by atoms with Gasteiger partial charge in [-0.1, -0.05) is 25.1 Å². The molecule has 2 aliphatic rings. The van der Waals surface area contributed by atoms with Gasteiger partial charge in [-0.3, -0.25) is 24.6 Å². The van der Waals surface area contributed by atoms with Crippen molar-refractivity contribution in [2.75, 3.05) is 43.8 Å². The maximum absolute atomic E-state index is 15.1. The van der Waals surface area contributed by atoms with E-state index in [-0.39, 0.29) is 24.2 Å². The van der Waals surface area contributed by atoms with E-state index < -0.39 is 4.75 Å². The van der Waals surface area contributed by atoms with Crippen molar-refractivity contribution in [1.82, 2.24) is 34.9 Å². The second-order valence-corrected chi connectivity index (χ2v) is 14.3. The number of likely N-dealkylation sites (tertiary alicyclic amines) is 1. The molecule has 5 aromatic rings. The Morgan fingerprint density at radius 2 is 1.88 bits per heavy atom. The minimum Gasteiger partial charge on any atom is -0.338 e. The predicted octanol–water partition coefficient (Wildman–Crippen LogP) is 6.37. The maximum atomic E-state index is 15.1. The smallest absolute Gasteiger partial charge is 0.241 e. The second kappa shape index (κ2) is 14.5. The zero-order valence-electron chi connectivity index (χ0n) is 28.2. The van der Waals surface area contributed by atoms with Gasteiger partial charge in [-0.25, -0.2) is 14.4 Å². The fourth-order valence-electron chi connectivity index (χ4n) is 6.70. The molecule has 2 N–H and O–H groups in total. The summed E-state index contributed by atoms with van der Waals surface area (Å²) in [7, 11) is 0. The van der Waals surface area contributed by atoms with E-state index >= 15 is 4.39 Å². The van der Waals surface area contributed by atoms with Crippen LogP contribution in [0.25, 0.3) is 39.1 Å². The quantitative estimate of drug-likeness (QED) is 0.174. The molecule has 0 unspecified atom stereocenters. The summed E-state index contributed by atoms with van der Waals surface area (Å²) in [6.07, 6.45) is 9.13. The van der Waals surface area contributed by atoms with Crippen molar-refractivity contribution in [3.63, 3.8) is 0 Å². The Morgan fingerprint density at radius 3 is 2.64 bits per heavy atom. The minimum absolute atomic E-state index is 0.0123. The number of rotatable bonds is 10. The van der Waals surface area contributed by atoms with E-state index in [4.69, 9.17) is 0 Å². The number of H-pyrrole nitrogens is 1. The molecule has 0 aliphatic carbocycles.